The van der Waals surface area contributed by atoms with Crippen LogP contribution in [0.2, 0.25) is 0 Å². The average Bonchev–Trinajstić information content (AvgIpc) is 2.50. The van der Waals surface area contributed by atoms with Gasteiger partial charge in [-0.2, -0.15) is 0 Å². The molecule has 0 saturated carbocycles. The number of hydrogen-bond donors (Lipinski definition) is 0. The molecule has 0 aliphatic heterocycles. The Labute approximate surface area is 130 Å². The Morgan fingerprint density at radius 3 is 1.95 bits per heavy atom. The number of hydrogen-bond acceptors (Lipinski definition) is 3. The number of carbonyl (C=O) groups excluding carboxylic acids is 1. The van der Waals surface area contributed by atoms with Gasteiger partial charge in [-0.15, -0.1) is 0 Å². The van der Waals surface area contributed by atoms with Gasteiger partial charge in [0.25, 0.3) is 0 Å². The summed E-state index contributed by atoms with van der Waals surface area (Å²) in [6.07, 6.45) is 0. The van der Waals surface area contributed by atoms with E-state index in [-0.39, 0.29) is 12.5 Å². The number of halogens is 1. The number of nitrogens with zero attached hydrogens (tertiary/aromatic N) is 1. The molecular formula is C15H14INO2P-. The van der Waals surface area contributed by atoms with E-state index in [1.54, 1.807) is 0 Å². The van der Waals surface area contributed by atoms with Gasteiger partial charge in [0, 0.05) is 0 Å². The second-order valence-electron chi connectivity index (χ2n) is 3.94. The molecule has 0 aromatic heterocycles. The summed E-state index contributed by atoms with van der Waals surface area (Å²) in [5, 5.41) is 0. The summed E-state index contributed by atoms with van der Waals surface area (Å²) in [7, 11) is 0. The van der Waals surface area contributed by atoms with Crippen LogP contribution in [0.1, 0.15) is 11.1 Å². The van der Waals surface area contributed by atoms with Crippen molar-refractivity contribution in [3.05, 3.63) is 71.8 Å². The van der Waals surface area contributed by atoms with E-state index in [1.165, 1.54) is 0 Å². The molecule has 0 N–H and O–H groups in total. The topological polar surface area (TPSA) is 38.7 Å². The van der Waals surface area contributed by atoms with E-state index in [1.807, 2.05) is 60.7 Å². The monoisotopic (exact) mass is 398 g/mol. The number of carbonyl (C=O) groups is 1. The first-order chi connectivity index (χ1) is 9.81. The summed E-state index contributed by atoms with van der Waals surface area (Å²) in [6, 6.07) is 19.7. The first-order valence-electron chi connectivity index (χ1n) is 6.00. The van der Waals surface area contributed by atoms with Crippen LogP contribution in [0, 0.1) is 0 Å². The van der Waals surface area contributed by atoms with Gasteiger partial charge in [0.2, 0.25) is 0 Å². The molecule has 3 nitrogen and oxygen atoms in total. The van der Waals surface area contributed by atoms with Gasteiger partial charge in [0.05, 0.1) is 0 Å². The Hall–Kier alpha value is -1.26. The summed E-state index contributed by atoms with van der Waals surface area (Å²) in [5.74, 6) is -0.280. The van der Waals surface area contributed by atoms with Crippen LogP contribution >= 0.6 is 6.88 Å². The van der Waals surface area contributed by atoms with E-state index in [0.717, 1.165) is 16.8 Å². The zero-order valence-electron chi connectivity index (χ0n) is 10.7. The zero-order valence-corrected chi connectivity index (χ0v) is 14.0. The van der Waals surface area contributed by atoms with Gasteiger partial charge < -0.3 is 0 Å². The van der Waals surface area contributed by atoms with Gasteiger partial charge >= 0.3 is 131 Å². The summed E-state index contributed by atoms with van der Waals surface area (Å²) < 4.78 is 4.99. The third-order valence-electron chi connectivity index (χ3n) is 2.59. The van der Waals surface area contributed by atoms with Gasteiger partial charge in [-0.05, 0) is 0 Å². The van der Waals surface area contributed by atoms with Crippen LogP contribution in [-0.2, 0) is 7.86 Å². The SMILES string of the molecule is O=C(CN=C(c1ccccc1)c1ccccc1)O[I-]P. The Bertz CT molecular complexity index is 546. The quantitative estimate of drug-likeness (QED) is 0.400. The zero-order chi connectivity index (χ0) is 14.2. The second kappa shape index (κ2) is 8.12. The second-order valence-corrected chi connectivity index (χ2v) is 6.08. The Morgan fingerprint density at radius 2 is 1.50 bits per heavy atom. The maximum atomic E-state index is 11.5. The Morgan fingerprint density at radius 1 is 1.00 bits per heavy atom. The van der Waals surface area contributed by atoms with Crippen molar-refractivity contribution in [1.29, 1.82) is 0 Å². The molecule has 0 spiro atoms. The van der Waals surface area contributed by atoms with Crippen LogP contribution in [0.5, 0.6) is 0 Å². The van der Waals surface area contributed by atoms with Crippen molar-refractivity contribution in [1.82, 2.24) is 0 Å². The van der Waals surface area contributed by atoms with Crippen LogP contribution in [0.3, 0.4) is 0 Å². The predicted molar refractivity (Wildman–Crippen MR) is 79.2 cm³/mol. The van der Waals surface area contributed by atoms with Gasteiger partial charge in [0.15, 0.2) is 0 Å². The van der Waals surface area contributed by atoms with Crippen molar-refractivity contribution in [2.24, 2.45) is 4.99 Å². The first-order valence-corrected chi connectivity index (χ1v) is 11.0. The molecule has 0 radical (unpaired) electrons. The third-order valence-corrected chi connectivity index (χ3v) is 3.93. The van der Waals surface area contributed by atoms with Gasteiger partial charge in [-0.3, -0.25) is 0 Å². The molecule has 5 heteroatoms. The maximum absolute atomic E-state index is 11.5. The first kappa shape index (κ1) is 15.1. The molecule has 0 aliphatic carbocycles. The molecule has 0 amide bonds. The molecule has 2 rings (SSSR count). The Kier molecular flexibility index (Phi) is 6.15. The van der Waals surface area contributed by atoms with E-state index < -0.39 is 21.1 Å². The van der Waals surface area contributed by atoms with E-state index >= 15 is 0 Å². The van der Waals surface area contributed by atoms with Crippen molar-refractivity contribution in [3.63, 3.8) is 0 Å². The molecule has 1 unspecified atom stereocenters. The van der Waals surface area contributed by atoms with E-state index in [9.17, 15) is 4.79 Å². The summed E-state index contributed by atoms with van der Waals surface area (Å²) in [5.41, 5.74) is 2.80. The average molecular weight is 398 g/mol. The van der Waals surface area contributed by atoms with Gasteiger partial charge in [-0.25, -0.2) is 0 Å². The summed E-state index contributed by atoms with van der Waals surface area (Å²) in [4.78, 5) is 15.9. The van der Waals surface area contributed by atoms with Crippen molar-refractivity contribution in [2.45, 2.75) is 0 Å². The van der Waals surface area contributed by atoms with Crippen LogP contribution < -0.4 is 21.1 Å². The number of aliphatic imine (C=N–C) groups is 1. The summed E-state index contributed by atoms with van der Waals surface area (Å²) in [6.45, 7) is 2.51. The van der Waals surface area contributed by atoms with Crippen molar-refractivity contribution < 1.29 is 28.9 Å². The van der Waals surface area contributed by atoms with Gasteiger partial charge in [0.1, 0.15) is 0 Å². The normalized spacial score (nSPS) is 10.1. The van der Waals surface area contributed by atoms with E-state index in [2.05, 4.69) is 11.9 Å². The fraction of sp³-hybridized carbons (Fsp3) is 0.0667. The van der Waals surface area contributed by atoms with Crippen molar-refractivity contribution in [2.75, 3.05) is 6.54 Å². The molecule has 104 valence electrons. The third kappa shape index (κ3) is 4.39. The minimum atomic E-state index is -0.578. The molecule has 1 atom stereocenters. The molecular weight excluding hydrogens is 384 g/mol. The van der Waals surface area contributed by atoms with Crippen LogP contribution in [-0.4, -0.2) is 18.2 Å². The predicted octanol–water partition coefficient (Wildman–Crippen LogP) is -0.139. The van der Waals surface area contributed by atoms with Crippen LogP contribution in [0.15, 0.2) is 65.7 Å². The molecule has 0 aliphatic rings. The van der Waals surface area contributed by atoms with Crippen LogP contribution in [0.4, 0.5) is 0 Å². The number of benzene rings is 2. The fourth-order valence-electron chi connectivity index (χ4n) is 1.76. The molecule has 0 heterocycles. The van der Waals surface area contributed by atoms with Crippen LogP contribution in [0.25, 0.3) is 0 Å². The molecule has 0 saturated heterocycles. The molecule has 0 bridgehead atoms. The summed E-state index contributed by atoms with van der Waals surface area (Å²) >= 11 is -0.578. The molecule has 2 aromatic rings. The minimum absolute atomic E-state index is 0.0489. The Balaban J connectivity index is 2.30. The fourth-order valence-corrected chi connectivity index (χ4v) is 2.85. The standard InChI is InChI=1S/C15H14INO2P/c18-14(19-16-20)11-17-15(12-7-3-1-4-8-12)13-9-5-2-6-10-13/h1-10H,11,20H2/q-1. The van der Waals surface area contributed by atoms with Crippen molar-refractivity contribution >= 4 is 18.6 Å². The molecule has 2 aromatic carbocycles. The van der Waals surface area contributed by atoms with E-state index in [4.69, 9.17) is 3.07 Å². The van der Waals surface area contributed by atoms with Gasteiger partial charge in [-0.1, -0.05) is 0 Å². The van der Waals surface area contributed by atoms with Crippen molar-refractivity contribution in [3.8, 4) is 0 Å². The molecule has 20 heavy (non-hydrogen) atoms. The molecule has 0 fully saturated rings. The van der Waals surface area contributed by atoms with E-state index in [0.29, 0.717) is 0 Å². The number of rotatable bonds is 5.